The third-order valence-corrected chi connectivity index (χ3v) is 6.15. The van der Waals surface area contributed by atoms with E-state index in [0.717, 1.165) is 29.4 Å². The maximum absolute atomic E-state index is 3.30. The van der Waals surface area contributed by atoms with E-state index in [1.165, 1.54) is 56.1 Å². The summed E-state index contributed by atoms with van der Waals surface area (Å²) < 4.78 is 0. The molecule has 0 atom stereocenters. The van der Waals surface area contributed by atoms with Gasteiger partial charge >= 0.3 is 0 Å². The predicted octanol–water partition coefficient (Wildman–Crippen LogP) is 7.66. The van der Waals surface area contributed by atoms with E-state index in [1.54, 1.807) is 0 Å². The summed E-state index contributed by atoms with van der Waals surface area (Å²) in [7, 11) is 0. The number of benzene rings is 2. The topological polar surface area (TPSA) is 0 Å². The van der Waals surface area contributed by atoms with Crippen LogP contribution in [0, 0.1) is 23.7 Å². The number of rotatable bonds is 6. The molecule has 146 valence electrons. The van der Waals surface area contributed by atoms with Crippen molar-refractivity contribution in [2.45, 2.75) is 65.2 Å². The molecule has 3 rings (SSSR count). The Hall–Kier alpha value is -2.26. The first-order valence-corrected chi connectivity index (χ1v) is 11.1. The Bertz CT molecular complexity index is 788. The van der Waals surface area contributed by atoms with Crippen LogP contribution >= 0.6 is 0 Å². The lowest BCUT2D eigenvalue weighted by Gasteiger charge is -2.27. The van der Waals surface area contributed by atoms with E-state index in [9.17, 15) is 0 Å². The highest BCUT2D eigenvalue weighted by molar-refractivity contribution is 5.52. The zero-order valence-corrected chi connectivity index (χ0v) is 17.6. The van der Waals surface area contributed by atoms with Gasteiger partial charge in [0, 0.05) is 11.1 Å². The highest BCUT2D eigenvalue weighted by atomic mass is 14.2. The summed E-state index contributed by atoms with van der Waals surface area (Å²) in [5, 5.41) is 0. The van der Waals surface area contributed by atoms with Crippen molar-refractivity contribution in [3.05, 3.63) is 76.9 Å². The van der Waals surface area contributed by atoms with Crippen LogP contribution in [0.25, 0.3) is 6.08 Å². The van der Waals surface area contributed by atoms with Gasteiger partial charge in [-0.15, -0.1) is 0 Å². The molecule has 0 heterocycles. The minimum absolute atomic E-state index is 0.942. The van der Waals surface area contributed by atoms with Crippen LogP contribution in [-0.4, -0.2) is 0 Å². The van der Waals surface area contributed by atoms with Crippen molar-refractivity contribution < 1.29 is 0 Å². The summed E-state index contributed by atoms with van der Waals surface area (Å²) >= 11 is 0. The Balaban J connectivity index is 1.49. The fourth-order valence-electron chi connectivity index (χ4n) is 4.13. The van der Waals surface area contributed by atoms with Crippen LogP contribution in [0.3, 0.4) is 0 Å². The Morgan fingerprint density at radius 3 is 1.93 bits per heavy atom. The molecule has 0 N–H and O–H groups in total. The number of hydrogen-bond donors (Lipinski definition) is 0. The molecule has 1 aliphatic carbocycles. The summed E-state index contributed by atoms with van der Waals surface area (Å²) in [4.78, 5) is 0. The minimum atomic E-state index is 0.942. The lowest BCUT2D eigenvalue weighted by atomic mass is 9.78. The van der Waals surface area contributed by atoms with Crippen molar-refractivity contribution in [1.82, 2.24) is 0 Å². The number of aryl methyl sites for hydroxylation is 1. The second-order valence-corrected chi connectivity index (χ2v) is 8.21. The second-order valence-electron chi connectivity index (χ2n) is 8.21. The maximum atomic E-state index is 3.30. The van der Waals surface area contributed by atoms with Gasteiger partial charge in [-0.2, -0.15) is 0 Å². The van der Waals surface area contributed by atoms with Crippen LogP contribution in [0.1, 0.15) is 81.0 Å². The quantitative estimate of drug-likeness (QED) is 0.458. The van der Waals surface area contributed by atoms with Crippen molar-refractivity contribution in [2.75, 3.05) is 0 Å². The van der Waals surface area contributed by atoms with Crippen LogP contribution in [0.2, 0.25) is 0 Å². The van der Waals surface area contributed by atoms with E-state index < -0.39 is 0 Å². The largest absolute Gasteiger partial charge is 0.0842 e. The maximum Gasteiger partial charge on any atom is 0.0249 e. The van der Waals surface area contributed by atoms with Crippen molar-refractivity contribution >= 4 is 6.08 Å². The molecule has 0 heteroatoms. The van der Waals surface area contributed by atoms with Crippen molar-refractivity contribution in [1.29, 1.82) is 0 Å². The van der Waals surface area contributed by atoms with Crippen molar-refractivity contribution in [3.8, 4) is 11.8 Å². The molecule has 1 fully saturated rings. The van der Waals surface area contributed by atoms with Gasteiger partial charge in [-0.1, -0.05) is 94.2 Å². The molecular weight excluding hydrogens is 336 g/mol. The molecule has 2 aromatic rings. The molecule has 1 saturated carbocycles. The molecule has 0 spiro atoms. The average Bonchev–Trinajstić information content (AvgIpc) is 2.76. The van der Waals surface area contributed by atoms with Gasteiger partial charge in [0.2, 0.25) is 0 Å². The Morgan fingerprint density at radius 1 is 0.786 bits per heavy atom. The first-order chi connectivity index (χ1) is 13.8. The average molecular weight is 371 g/mol. The fourth-order valence-corrected chi connectivity index (χ4v) is 4.13. The van der Waals surface area contributed by atoms with E-state index in [-0.39, 0.29) is 0 Å². The summed E-state index contributed by atoms with van der Waals surface area (Å²) in [6.45, 7) is 4.49. The third-order valence-electron chi connectivity index (χ3n) is 6.15. The summed E-state index contributed by atoms with van der Waals surface area (Å²) in [5.74, 6) is 8.52. The van der Waals surface area contributed by atoms with Gasteiger partial charge in [-0.05, 0) is 66.5 Å². The Labute approximate surface area is 172 Å². The number of allylic oxidation sites excluding steroid dienone is 1. The van der Waals surface area contributed by atoms with Crippen molar-refractivity contribution in [2.24, 2.45) is 11.8 Å². The first-order valence-electron chi connectivity index (χ1n) is 11.1. The molecule has 28 heavy (non-hydrogen) atoms. The predicted molar refractivity (Wildman–Crippen MR) is 122 cm³/mol. The van der Waals surface area contributed by atoms with Crippen LogP contribution in [0.4, 0.5) is 0 Å². The molecule has 0 unspecified atom stereocenters. The van der Waals surface area contributed by atoms with Crippen molar-refractivity contribution in [3.63, 3.8) is 0 Å². The van der Waals surface area contributed by atoms with E-state index in [4.69, 9.17) is 0 Å². The standard InChI is InChI=1S/C28H34/c1-3-5-6-24-11-13-26(14-12-24)17-18-28-21-19-27(20-22-28)16-15-25-9-7-23(4-2)8-10-25/h5-6,11-14,19-23,25H,3-4,7-10,15-16H2,1-2H3/b6-5+. The molecule has 0 aromatic heterocycles. The molecular formula is C28H34. The number of hydrogen-bond acceptors (Lipinski definition) is 0. The second kappa shape index (κ2) is 10.9. The van der Waals surface area contributed by atoms with Crippen LogP contribution in [0.5, 0.6) is 0 Å². The SMILES string of the molecule is CC/C=C/c1ccc(C#Cc2ccc(CCC3CCC(CC)CC3)cc2)cc1. The monoisotopic (exact) mass is 370 g/mol. The zero-order valence-electron chi connectivity index (χ0n) is 17.6. The molecule has 0 radical (unpaired) electrons. The normalized spacial score (nSPS) is 19.4. The fraction of sp³-hybridized carbons (Fsp3) is 0.429. The van der Waals surface area contributed by atoms with Gasteiger partial charge in [-0.3, -0.25) is 0 Å². The molecule has 0 saturated heterocycles. The van der Waals surface area contributed by atoms with Gasteiger partial charge in [0.1, 0.15) is 0 Å². The smallest absolute Gasteiger partial charge is 0.0249 e. The van der Waals surface area contributed by atoms with E-state index >= 15 is 0 Å². The van der Waals surface area contributed by atoms with E-state index in [1.807, 2.05) is 0 Å². The van der Waals surface area contributed by atoms with E-state index in [2.05, 4.69) is 86.4 Å². The summed E-state index contributed by atoms with van der Waals surface area (Å²) in [6.07, 6.45) is 15.1. The lowest BCUT2D eigenvalue weighted by Crippen LogP contribution is -2.14. The van der Waals surface area contributed by atoms with Crippen LogP contribution in [-0.2, 0) is 6.42 Å². The first kappa shape index (κ1) is 20.5. The highest BCUT2D eigenvalue weighted by Crippen LogP contribution is 2.33. The summed E-state index contributed by atoms with van der Waals surface area (Å²) in [5.41, 5.74) is 4.86. The minimum Gasteiger partial charge on any atom is -0.0842 e. The lowest BCUT2D eigenvalue weighted by molar-refractivity contribution is 0.259. The molecule has 0 amide bonds. The van der Waals surface area contributed by atoms with Crippen LogP contribution in [0.15, 0.2) is 54.6 Å². The molecule has 2 aromatic carbocycles. The zero-order chi connectivity index (χ0) is 19.6. The van der Waals surface area contributed by atoms with Gasteiger partial charge in [0.05, 0.1) is 0 Å². The van der Waals surface area contributed by atoms with Gasteiger partial charge < -0.3 is 0 Å². The van der Waals surface area contributed by atoms with Gasteiger partial charge in [0.25, 0.3) is 0 Å². The Morgan fingerprint density at radius 2 is 1.36 bits per heavy atom. The third kappa shape index (κ3) is 6.42. The van der Waals surface area contributed by atoms with Gasteiger partial charge in [-0.25, -0.2) is 0 Å². The highest BCUT2D eigenvalue weighted by Gasteiger charge is 2.19. The van der Waals surface area contributed by atoms with Crippen LogP contribution < -0.4 is 0 Å². The van der Waals surface area contributed by atoms with Gasteiger partial charge in [0.15, 0.2) is 0 Å². The molecule has 0 nitrogen and oxygen atoms in total. The Kier molecular flexibility index (Phi) is 7.98. The molecule has 0 aliphatic heterocycles. The molecule has 1 aliphatic rings. The molecule has 0 bridgehead atoms. The van der Waals surface area contributed by atoms with E-state index in [0.29, 0.717) is 0 Å². The summed E-state index contributed by atoms with van der Waals surface area (Å²) in [6, 6.07) is 17.3.